The van der Waals surface area contributed by atoms with Crippen LogP contribution in [0.1, 0.15) is 17.5 Å². The summed E-state index contributed by atoms with van der Waals surface area (Å²) in [5.41, 5.74) is 1.87. The van der Waals surface area contributed by atoms with Gasteiger partial charge in [0.2, 0.25) is 10.0 Å². The molecule has 21 heavy (non-hydrogen) atoms. The summed E-state index contributed by atoms with van der Waals surface area (Å²) in [6.07, 6.45) is 1.86. The summed E-state index contributed by atoms with van der Waals surface area (Å²) in [5, 5.41) is 5.13. The molecule has 0 radical (unpaired) electrons. The van der Waals surface area contributed by atoms with Gasteiger partial charge in [0, 0.05) is 0 Å². The Morgan fingerprint density at radius 3 is 2.43 bits per heavy atom. The fourth-order valence-electron chi connectivity index (χ4n) is 2.14. The van der Waals surface area contributed by atoms with E-state index in [1.54, 1.807) is 19.1 Å². The first-order chi connectivity index (χ1) is 9.97. The molecule has 4 nitrogen and oxygen atoms in total. The Balaban J connectivity index is 1.88. The van der Waals surface area contributed by atoms with E-state index in [1.165, 1.54) is 11.6 Å². The molecule has 0 aliphatic carbocycles. The molecule has 112 valence electrons. The van der Waals surface area contributed by atoms with Gasteiger partial charge in [-0.15, -0.1) is 0 Å². The quantitative estimate of drug-likeness (QED) is 0.834. The molecule has 2 rings (SSSR count). The fourth-order valence-corrected chi connectivity index (χ4v) is 2.91. The zero-order valence-electron chi connectivity index (χ0n) is 12.0. The van der Waals surface area contributed by atoms with E-state index in [9.17, 15) is 8.42 Å². The average molecular weight is 305 g/mol. The first kappa shape index (κ1) is 15.5. The van der Waals surface area contributed by atoms with E-state index in [0.717, 1.165) is 12.8 Å². The second kappa shape index (κ2) is 6.74. The lowest BCUT2D eigenvalue weighted by atomic mass is 10.1. The Kier molecular flexibility index (Phi) is 4.98. The van der Waals surface area contributed by atoms with Crippen LogP contribution in [-0.4, -0.2) is 15.0 Å². The van der Waals surface area contributed by atoms with Gasteiger partial charge in [0.05, 0.1) is 11.5 Å². The van der Waals surface area contributed by atoms with Crippen molar-refractivity contribution in [2.75, 3.05) is 6.61 Å². The van der Waals surface area contributed by atoms with Crippen LogP contribution in [0.3, 0.4) is 0 Å². The van der Waals surface area contributed by atoms with Crippen LogP contribution in [0, 0.1) is 6.92 Å². The number of sulfonamides is 1. The van der Waals surface area contributed by atoms with Gasteiger partial charge >= 0.3 is 0 Å². The average Bonchev–Trinajstić information content (AvgIpc) is 2.43. The third-order valence-electron chi connectivity index (χ3n) is 3.17. The smallest absolute Gasteiger partial charge is 0.238 e. The largest absolute Gasteiger partial charge is 0.494 e. The first-order valence-corrected chi connectivity index (χ1v) is 8.31. The molecule has 0 aliphatic rings. The highest BCUT2D eigenvalue weighted by atomic mass is 32.2. The van der Waals surface area contributed by atoms with E-state index >= 15 is 0 Å². The van der Waals surface area contributed by atoms with E-state index in [2.05, 4.69) is 12.1 Å². The van der Waals surface area contributed by atoms with Crippen molar-refractivity contribution in [1.29, 1.82) is 0 Å². The lowest BCUT2D eigenvalue weighted by Gasteiger charge is -2.09. The van der Waals surface area contributed by atoms with E-state index in [0.29, 0.717) is 17.9 Å². The van der Waals surface area contributed by atoms with Crippen molar-refractivity contribution in [3.63, 3.8) is 0 Å². The summed E-state index contributed by atoms with van der Waals surface area (Å²) in [7, 11) is -3.67. The molecule has 0 heterocycles. The van der Waals surface area contributed by atoms with Crippen LogP contribution >= 0.6 is 0 Å². The highest BCUT2D eigenvalue weighted by molar-refractivity contribution is 7.89. The van der Waals surface area contributed by atoms with Gasteiger partial charge in [0.15, 0.2) is 0 Å². The summed E-state index contributed by atoms with van der Waals surface area (Å²) in [5.74, 6) is 0.660. The summed E-state index contributed by atoms with van der Waals surface area (Å²) < 4.78 is 28.3. The lowest BCUT2D eigenvalue weighted by molar-refractivity contribution is 0.310. The maximum Gasteiger partial charge on any atom is 0.238 e. The predicted molar refractivity (Wildman–Crippen MR) is 82.8 cm³/mol. The molecule has 0 fully saturated rings. The Hall–Kier alpha value is -1.85. The van der Waals surface area contributed by atoms with Gasteiger partial charge in [0.25, 0.3) is 0 Å². The summed E-state index contributed by atoms with van der Waals surface area (Å²) in [4.78, 5) is 0.138. The molecule has 0 amide bonds. The van der Waals surface area contributed by atoms with Gasteiger partial charge in [-0.25, -0.2) is 13.6 Å². The van der Waals surface area contributed by atoms with E-state index in [1.807, 2.05) is 18.2 Å². The van der Waals surface area contributed by atoms with Crippen LogP contribution in [0.5, 0.6) is 5.75 Å². The van der Waals surface area contributed by atoms with Gasteiger partial charge in [-0.3, -0.25) is 0 Å². The minimum Gasteiger partial charge on any atom is -0.494 e. The molecular formula is C16H19NO3S. The van der Waals surface area contributed by atoms with Crippen molar-refractivity contribution < 1.29 is 13.2 Å². The summed E-state index contributed by atoms with van der Waals surface area (Å²) in [6.45, 7) is 2.29. The molecule has 0 bridgehead atoms. The number of rotatable bonds is 6. The van der Waals surface area contributed by atoms with Crippen LogP contribution in [0.25, 0.3) is 0 Å². The van der Waals surface area contributed by atoms with Crippen molar-refractivity contribution in [3.05, 3.63) is 59.7 Å². The predicted octanol–water partition coefficient (Wildman–Crippen LogP) is 2.65. The Morgan fingerprint density at radius 1 is 1.10 bits per heavy atom. The number of primary sulfonamides is 1. The van der Waals surface area contributed by atoms with E-state index < -0.39 is 10.0 Å². The highest BCUT2D eigenvalue weighted by Crippen LogP contribution is 2.20. The molecule has 0 unspecified atom stereocenters. The van der Waals surface area contributed by atoms with Crippen LogP contribution in [0.15, 0.2) is 53.4 Å². The number of hydrogen-bond donors (Lipinski definition) is 1. The van der Waals surface area contributed by atoms with Gasteiger partial charge in [0.1, 0.15) is 5.75 Å². The molecule has 0 aromatic heterocycles. The maximum atomic E-state index is 11.3. The molecule has 2 N–H and O–H groups in total. The molecule has 0 atom stereocenters. The van der Waals surface area contributed by atoms with Gasteiger partial charge < -0.3 is 4.74 Å². The standard InChI is InChI=1S/C16H19NO3S/c1-13-12-15(9-10-16(13)21(17,18)19)20-11-5-8-14-6-3-2-4-7-14/h2-4,6-7,9-10,12H,5,8,11H2,1H3,(H2,17,18,19). The number of nitrogens with two attached hydrogens (primary N) is 1. The van der Waals surface area contributed by atoms with Gasteiger partial charge in [-0.2, -0.15) is 0 Å². The van der Waals surface area contributed by atoms with E-state index in [-0.39, 0.29) is 4.90 Å². The summed E-state index contributed by atoms with van der Waals surface area (Å²) >= 11 is 0. The third kappa shape index (κ3) is 4.58. The molecule has 2 aromatic rings. The molecule has 0 spiro atoms. The molecule has 0 saturated carbocycles. The molecule has 2 aromatic carbocycles. The lowest BCUT2D eigenvalue weighted by Crippen LogP contribution is -2.13. The van der Waals surface area contributed by atoms with Gasteiger partial charge in [-0.05, 0) is 49.1 Å². The fraction of sp³-hybridized carbons (Fsp3) is 0.250. The van der Waals surface area contributed by atoms with E-state index in [4.69, 9.17) is 9.88 Å². The monoisotopic (exact) mass is 305 g/mol. The Morgan fingerprint density at radius 2 is 1.81 bits per heavy atom. The second-order valence-corrected chi connectivity index (χ2v) is 6.44. The normalized spacial score (nSPS) is 11.3. The first-order valence-electron chi connectivity index (χ1n) is 6.77. The number of benzene rings is 2. The zero-order valence-corrected chi connectivity index (χ0v) is 12.8. The Labute approximate surface area is 125 Å². The second-order valence-electron chi connectivity index (χ2n) is 4.91. The van der Waals surface area contributed by atoms with Crippen LogP contribution in [0.4, 0.5) is 0 Å². The number of ether oxygens (including phenoxy) is 1. The SMILES string of the molecule is Cc1cc(OCCCc2ccccc2)ccc1S(N)(=O)=O. The Bertz CT molecular complexity index is 697. The van der Waals surface area contributed by atoms with Crippen LogP contribution < -0.4 is 9.88 Å². The van der Waals surface area contributed by atoms with Crippen molar-refractivity contribution in [2.24, 2.45) is 5.14 Å². The molecular weight excluding hydrogens is 286 g/mol. The minimum absolute atomic E-state index is 0.138. The van der Waals surface area contributed by atoms with Crippen LogP contribution in [0.2, 0.25) is 0 Å². The topological polar surface area (TPSA) is 69.4 Å². The van der Waals surface area contributed by atoms with Crippen molar-refractivity contribution in [2.45, 2.75) is 24.7 Å². The maximum absolute atomic E-state index is 11.3. The molecule has 5 heteroatoms. The highest BCUT2D eigenvalue weighted by Gasteiger charge is 2.11. The third-order valence-corrected chi connectivity index (χ3v) is 4.25. The van der Waals surface area contributed by atoms with Crippen LogP contribution in [-0.2, 0) is 16.4 Å². The van der Waals surface area contributed by atoms with Crippen molar-refractivity contribution >= 4 is 10.0 Å². The number of hydrogen-bond acceptors (Lipinski definition) is 3. The zero-order chi connectivity index (χ0) is 15.3. The minimum atomic E-state index is -3.67. The molecule has 0 aliphatic heterocycles. The van der Waals surface area contributed by atoms with Crippen molar-refractivity contribution in [1.82, 2.24) is 0 Å². The summed E-state index contributed by atoms with van der Waals surface area (Å²) in [6, 6.07) is 15.0. The van der Waals surface area contributed by atoms with Gasteiger partial charge in [-0.1, -0.05) is 30.3 Å². The number of aryl methyl sites for hydroxylation is 2. The van der Waals surface area contributed by atoms with Crippen molar-refractivity contribution in [3.8, 4) is 5.75 Å². The molecule has 0 saturated heterocycles.